The third-order valence-corrected chi connectivity index (χ3v) is 21.3. The Hall–Kier alpha value is -4.22. The Morgan fingerprint density at radius 1 is 0.621 bits per heavy atom. The van der Waals surface area contributed by atoms with E-state index in [0.717, 1.165) is 0 Å². The molecule has 7 atom stereocenters. The van der Waals surface area contributed by atoms with Gasteiger partial charge in [0.2, 0.25) is 6.71 Å². The van der Waals surface area contributed by atoms with Gasteiger partial charge in [0.05, 0.1) is 5.54 Å². The summed E-state index contributed by atoms with van der Waals surface area (Å²) in [7, 11) is 0. The van der Waals surface area contributed by atoms with E-state index in [4.69, 9.17) is 0 Å². The van der Waals surface area contributed by atoms with Crippen LogP contribution >= 0.6 is 11.3 Å². The van der Waals surface area contributed by atoms with E-state index in [2.05, 4.69) is 176 Å². The van der Waals surface area contributed by atoms with Crippen molar-refractivity contribution in [3.05, 3.63) is 113 Å². The number of benzene rings is 5. The molecule has 0 N–H and O–H groups in total. The van der Waals surface area contributed by atoms with Crippen molar-refractivity contribution in [2.45, 2.75) is 197 Å². The van der Waals surface area contributed by atoms with Gasteiger partial charge in [0, 0.05) is 77.1 Å². The number of nitrogens with zero attached hydrogens (tertiary/aromatic N) is 3. The Bertz CT molecular complexity index is 3040. The average Bonchev–Trinajstić information content (AvgIpc) is 3.82. The van der Waals surface area contributed by atoms with E-state index < -0.39 is 0 Å². The second-order valence-corrected chi connectivity index (χ2v) is 26.7. The van der Waals surface area contributed by atoms with E-state index in [0.29, 0.717) is 24.6 Å². The molecule has 5 heterocycles. The number of aryl methyl sites for hydroxylation is 1. The second kappa shape index (κ2) is 13.5. The minimum atomic E-state index is 0.0266. The highest BCUT2D eigenvalue weighted by Gasteiger charge is 2.64. The highest BCUT2D eigenvalue weighted by atomic mass is 32.1. The maximum atomic E-state index is 3.07. The van der Waals surface area contributed by atoms with Crippen molar-refractivity contribution in [1.29, 1.82) is 0 Å². The molecule has 0 radical (unpaired) electrons. The highest BCUT2D eigenvalue weighted by molar-refractivity contribution is 7.25. The Kier molecular flexibility index (Phi) is 8.59. The molecule has 7 aliphatic rings. The summed E-state index contributed by atoms with van der Waals surface area (Å²) >= 11 is 1.97. The molecule has 7 unspecified atom stereocenters. The van der Waals surface area contributed by atoms with E-state index in [1.807, 2.05) is 11.3 Å². The lowest BCUT2D eigenvalue weighted by atomic mass is 9.27. The van der Waals surface area contributed by atoms with Crippen molar-refractivity contribution in [2.24, 2.45) is 0 Å². The van der Waals surface area contributed by atoms with Crippen molar-refractivity contribution in [3.8, 4) is 0 Å². The van der Waals surface area contributed by atoms with Crippen LogP contribution in [0.4, 0.5) is 28.4 Å². The minimum Gasteiger partial charge on any atom is -0.362 e. The van der Waals surface area contributed by atoms with Crippen LogP contribution in [0.3, 0.4) is 0 Å². The SMILES string of the molecule is Cc1cc2c3c(c1)N1c4c(cc(C(C)(C)C)cc4C4(C)CCCCC14C)B3C1CCC(N3c4ccc(C(C)(C)C)cc4C4(C)CCCCC34C)CC1N2c1ccc2c(c1)sc1ccccc12. The Morgan fingerprint density at radius 2 is 1.29 bits per heavy atom. The summed E-state index contributed by atoms with van der Waals surface area (Å²) in [6, 6.07) is 35.9. The van der Waals surface area contributed by atoms with Crippen molar-refractivity contribution >= 4 is 77.6 Å². The van der Waals surface area contributed by atoms with Gasteiger partial charge in [-0.25, -0.2) is 0 Å². The zero-order chi connectivity index (χ0) is 45.7. The number of fused-ring (bicyclic) bond motifs is 13. The zero-order valence-electron chi connectivity index (χ0n) is 41.9. The van der Waals surface area contributed by atoms with E-state index in [1.165, 1.54) is 125 Å². The van der Waals surface area contributed by atoms with E-state index in [9.17, 15) is 0 Å². The van der Waals surface area contributed by atoms with Crippen LogP contribution in [0.5, 0.6) is 0 Å². The first-order valence-electron chi connectivity index (χ1n) is 26.1. The fourth-order valence-electron chi connectivity index (χ4n) is 16.2. The molecule has 3 fully saturated rings. The van der Waals surface area contributed by atoms with E-state index in [-0.39, 0.29) is 32.7 Å². The standard InChI is InChI=1S/C61H72BN3S/c1-37-30-50-54-51(31-37)65-55-45(59(9)27-15-17-29-61(59,65)11)33-39(57(5,6)7)34-47(55)62(54)46-24-22-41(35-49(46)63(50)40-21-23-43-42-18-12-13-19-52(42)66-53(43)36-40)64-48-25-20-38(56(2,3)4)32-44(48)58(8)26-14-16-28-60(58,64)10/h12-13,18-21,23,25,30-34,36,41,46,49H,14-17,22,24,26-29,35H2,1-11H3. The molecular formula is C61H72BN3S. The number of anilines is 5. The van der Waals surface area contributed by atoms with Gasteiger partial charge in [-0.2, -0.15) is 0 Å². The van der Waals surface area contributed by atoms with Gasteiger partial charge in [-0.15, -0.1) is 11.3 Å². The first kappa shape index (κ1) is 41.9. The van der Waals surface area contributed by atoms with E-state index >= 15 is 0 Å². The number of hydrogen-bond donors (Lipinski definition) is 0. The molecule has 3 nitrogen and oxygen atoms in total. The maximum absolute atomic E-state index is 3.07. The molecule has 13 rings (SSSR count). The first-order chi connectivity index (χ1) is 31.4. The predicted octanol–water partition coefficient (Wildman–Crippen LogP) is 15.2. The Labute approximate surface area is 400 Å². The van der Waals surface area contributed by atoms with Crippen LogP contribution < -0.4 is 25.6 Å². The Balaban J connectivity index is 1.04. The van der Waals surface area contributed by atoms with Gasteiger partial charge >= 0.3 is 0 Å². The zero-order valence-corrected chi connectivity index (χ0v) is 42.7. The maximum Gasteiger partial charge on any atom is 0.222 e. The lowest BCUT2D eigenvalue weighted by molar-refractivity contribution is 0.163. The van der Waals surface area contributed by atoms with Gasteiger partial charge in [-0.05, 0) is 151 Å². The summed E-state index contributed by atoms with van der Waals surface area (Å²) in [4.78, 5) is 8.98. The van der Waals surface area contributed by atoms with E-state index in [1.54, 1.807) is 33.4 Å². The third-order valence-electron chi connectivity index (χ3n) is 20.2. The minimum absolute atomic E-state index is 0.0266. The highest BCUT2D eigenvalue weighted by Crippen LogP contribution is 2.65. The summed E-state index contributed by atoms with van der Waals surface area (Å²) in [5, 5.41) is 2.78. The third kappa shape index (κ3) is 5.28. The molecule has 0 saturated heterocycles. The van der Waals surface area contributed by atoms with Crippen LogP contribution in [0.2, 0.25) is 5.82 Å². The number of thiophene rings is 1. The molecular weight excluding hydrogens is 818 g/mol. The Morgan fingerprint density at radius 3 is 2.05 bits per heavy atom. The van der Waals surface area contributed by atoms with Crippen molar-refractivity contribution in [2.75, 3.05) is 14.7 Å². The molecule has 66 heavy (non-hydrogen) atoms. The largest absolute Gasteiger partial charge is 0.362 e. The molecule has 0 bridgehead atoms. The van der Waals surface area contributed by atoms with Crippen LogP contribution in [-0.2, 0) is 21.7 Å². The van der Waals surface area contributed by atoms with Crippen LogP contribution in [0.25, 0.3) is 20.2 Å². The summed E-state index contributed by atoms with van der Waals surface area (Å²) in [5.41, 5.74) is 19.0. The van der Waals surface area contributed by atoms with Gasteiger partial charge in [0.1, 0.15) is 0 Å². The van der Waals surface area contributed by atoms with Crippen molar-refractivity contribution in [1.82, 2.24) is 0 Å². The normalized spacial score (nSPS) is 30.9. The van der Waals surface area contributed by atoms with Crippen molar-refractivity contribution < 1.29 is 0 Å². The smallest absolute Gasteiger partial charge is 0.222 e. The quantitative estimate of drug-likeness (QED) is 0.160. The monoisotopic (exact) mass is 890 g/mol. The van der Waals surface area contributed by atoms with Gasteiger partial charge < -0.3 is 14.7 Å². The van der Waals surface area contributed by atoms with Crippen LogP contribution in [0.1, 0.15) is 168 Å². The first-order valence-corrected chi connectivity index (χ1v) is 27.0. The number of rotatable bonds is 2. The fourth-order valence-corrected chi connectivity index (χ4v) is 17.4. The van der Waals surface area contributed by atoms with Gasteiger partial charge in [0.15, 0.2) is 0 Å². The predicted molar refractivity (Wildman–Crippen MR) is 286 cm³/mol. The molecule has 5 aromatic carbocycles. The lowest BCUT2D eigenvalue weighted by Crippen LogP contribution is -2.67. The summed E-state index contributed by atoms with van der Waals surface area (Å²) in [6.45, 7) is 28.0. The average molecular weight is 890 g/mol. The topological polar surface area (TPSA) is 9.72 Å². The van der Waals surface area contributed by atoms with Gasteiger partial charge in [-0.3, -0.25) is 0 Å². The molecule has 6 aromatic rings. The molecule has 0 amide bonds. The molecule has 3 saturated carbocycles. The lowest BCUT2D eigenvalue weighted by Gasteiger charge is -2.58. The number of hydrogen-bond acceptors (Lipinski definition) is 4. The molecule has 340 valence electrons. The summed E-state index contributed by atoms with van der Waals surface area (Å²) in [6.07, 6.45) is 14.0. The van der Waals surface area contributed by atoms with Crippen LogP contribution in [0, 0.1) is 6.92 Å². The van der Waals surface area contributed by atoms with Crippen molar-refractivity contribution in [3.63, 3.8) is 0 Å². The van der Waals surface area contributed by atoms with Crippen LogP contribution in [-0.4, -0.2) is 29.9 Å². The second-order valence-electron chi connectivity index (χ2n) is 25.6. The molecule has 1 aromatic heterocycles. The fraction of sp³-hybridized carbons (Fsp3) is 0.508. The molecule has 0 spiro atoms. The molecule has 5 heteroatoms. The molecule has 4 aliphatic heterocycles. The van der Waals surface area contributed by atoms with Gasteiger partial charge in [0.25, 0.3) is 0 Å². The molecule has 3 aliphatic carbocycles. The van der Waals surface area contributed by atoms with Crippen LogP contribution in [0.15, 0.2) is 84.9 Å². The van der Waals surface area contributed by atoms with Gasteiger partial charge in [-0.1, -0.05) is 136 Å². The summed E-state index contributed by atoms with van der Waals surface area (Å²) < 4.78 is 2.79. The summed E-state index contributed by atoms with van der Waals surface area (Å²) in [5.74, 6) is 0.494.